The number of rotatable bonds is 3. The van der Waals surface area contributed by atoms with Gasteiger partial charge in [-0.05, 0) is 53.2 Å². The van der Waals surface area contributed by atoms with E-state index >= 15 is 0 Å². The van der Waals surface area contributed by atoms with Gasteiger partial charge in [-0.2, -0.15) is 0 Å². The minimum absolute atomic E-state index is 0.106. The minimum atomic E-state index is -3.23. The fourth-order valence-electron chi connectivity index (χ4n) is 1.62. The molecule has 0 bridgehead atoms. The highest BCUT2D eigenvalue weighted by Crippen LogP contribution is 2.29. The van der Waals surface area contributed by atoms with Gasteiger partial charge in [0.25, 0.3) is 0 Å². The lowest BCUT2D eigenvalue weighted by atomic mass is 10.1. The highest BCUT2D eigenvalue weighted by molar-refractivity contribution is 9.10. The van der Waals surface area contributed by atoms with Crippen LogP contribution in [0.5, 0.6) is 0 Å². The van der Waals surface area contributed by atoms with Gasteiger partial charge in [-0.1, -0.05) is 0 Å². The predicted molar refractivity (Wildman–Crippen MR) is 79.7 cm³/mol. The number of ketones is 1. The maximum atomic E-state index is 12.3. The summed E-state index contributed by atoms with van der Waals surface area (Å²) in [5, 5.41) is 0. The van der Waals surface area contributed by atoms with Crippen molar-refractivity contribution in [1.82, 2.24) is 0 Å². The molecule has 0 spiro atoms. The Morgan fingerprint density at radius 2 is 1.79 bits per heavy atom. The fourth-order valence-corrected chi connectivity index (χ4v) is 4.04. The van der Waals surface area contributed by atoms with E-state index < -0.39 is 9.84 Å². The Hall–Kier alpha value is -0.980. The van der Waals surface area contributed by atoms with Crippen molar-refractivity contribution in [3.05, 3.63) is 50.1 Å². The smallest absolute Gasteiger partial charge is 0.204 e. The highest BCUT2D eigenvalue weighted by Gasteiger charge is 2.16. The molecule has 1 heterocycles. The number of carbonyl (C=O) groups is 1. The predicted octanol–water partition coefficient (Wildman–Crippen LogP) is 3.45. The van der Waals surface area contributed by atoms with E-state index in [0.717, 1.165) is 15.6 Å². The molecule has 0 N–H and O–H groups in total. The van der Waals surface area contributed by atoms with Gasteiger partial charge in [-0.25, -0.2) is 8.42 Å². The van der Waals surface area contributed by atoms with Crippen LogP contribution in [-0.4, -0.2) is 20.5 Å². The number of thiophene rings is 1. The van der Waals surface area contributed by atoms with Gasteiger partial charge in [0, 0.05) is 21.2 Å². The molecule has 0 saturated heterocycles. The quantitative estimate of drug-likeness (QED) is 0.789. The second kappa shape index (κ2) is 5.19. The summed E-state index contributed by atoms with van der Waals surface area (Å²) in [5.74, 6) is -0.106. The topological polar surface area (TPSA) is 51.2 Å². The van der Waals surface area contributed by atoms with Crippen molar-refractivity contribution in [2.45, 2.75) is 11.8 Å². The van der Waals surface area contributed by atoms with Crippen LogP contribution in [0.25, 0.3) is 0 Å². The van der Waals surface area contributed by atoms with Gasteiger partial charge in [-0.3, -0.25) is 4.79 Å². The van der Waals surface area contributed by atoms with Crippen molar-refractivity contribution >= 4 is 42.9 Å². The van der Waals surface area contributed by atoms with Crippen LogP contribution in [0.15, 0.2) is 39.7 Å². The van der Waals surface area contributed by atoms with Crippen LogP contribution in [0.2, 0.25) is 0 Å². The molecule has 0 fully saturated rings. The lowest BCUT2D eigenvalue weighted by Gasteiger charge is -2.01. The van der Waals surface area contributed by atoms with Crippen LogP contribution < -0.4 is 0 Å². The van der Waals surface area contributed by atoms with Gasteiger partial charge in [0.15, 0.2) is 9.84 Å². The number of hydrogen-bond donors (Lipinski definition) is 0. The molecule has 0 aliphatic carbocycles. The van der Waals surface area contributed by atoms with Gasteiger partial charge < -0.3 is 0 Å². The first-order chi connectivity index (χ1) is 8.79. The molecule has 0 amide bonds. The Morgan fingerprint density at radius 1 is 1.21 bits per heavy atom. The normalized spacial score (nSPS) is 11.5. The van der Waals surface area contributed by atoms with Crippen molar-refractivity contribution in [3.63, 3.8) is 0 Å². The maximum Gasteiger partial charge on any atom is 0.204 e. The second-order valence-electron chi connectivity index (χ2n) is 4.16. The number of halogens is 1. The van der Waals surface area contributed by atoms with E-state index in [2.05, 4.69) is 15.9 Å². The summed E-state index contributed by atoms with van der Waals surface area (Å²) in [7, 11) is -3.23. The van der Waals surface area contributed by atoms with Crippen molar-refractivity contribution < 1.29 is 13.2 Å². The number of aryl methyl sites for hydroxylation is 1. The summed E-state index contributed by atoms with van der Waals surface area (Å²) >= 11 is 4.77. The molecule has 0 aliphatic rings. The number of carbonyl (C=O) groups excluding carboxylic acids is 1. The molecule has 0 saturated carbocycles. The SMILES string of the molecule is Cc1cc(Br)c(C(=O)c2ccc(S(C)(=O)=O)cc2)s1. The van der Waals surface area contributed by atoms with Crippen molar-refractivity contribution in [1.29, 1.82) is 0 Å². The molecule has 0 aliphatic heterocycles. The molecule has 1 aromatic heterocycles. The lowest BCUT2D eigenvalue weighted by molar-refractivity contribution is 0.104. The van der Waals surface area contributed by atoms with Crippen LogP contribution in [0.1, 0.15) is 20.1 Å². The van der Waals surface area contributed by atoms with E-state index in [4.69, 9.17) is 0 Å². The van der Waals surface area contributed by atoms with Crippen LogP contribution in [0, 0.1) is 6.92 Å². The first-order valence-electron chi connectivity index (χ1n) is 5.40. The molecule has 19 heavy (non-hydrogen) atoms. The van der Waals surface area contributed by atoms with E-state index in [1.54, 1.807) is 12.1 Å². The average molecular weight is 359 g/mol. The highest BCUT2D eigenvalue weighted by atomic mass is 79.9. The summed E-state index contributed by atoms with van der Waals surface area (Å²) in [6.45, 7) is 1.93. The molecule has 2 aromatic rings. The van der Waals surface area contributed by atoms with E-state index in [1.165, 1.54) is 23.5 Å². The van der Waals surface area contributed by atoms with Crippen LogP contribution in [-0.2, 0) is 9.84 Å². The van der Waals surface area contributed by atoms with Crippen LogP contribution in [0.4, 0.5) is 0 Å². The summed E-state index contributed by atoms with van der Waals surface area (Å²) < 4.78 is 23.5. The molecule has 1 aromatic carbocycles. The largest absolute Gasteiger partial charge is 0.288 e. The Labute approximate surface area is 124 Å². The Bertz CT molecular complexity index is 728. The third-order valence-electron chi connectivity index (χ3n) is 2.56. The molecule has 6 heteroatoms. The van der Waals surface area contributed by atoms with Gasteiger partial charge in [0.05, 0.1) is 9.77 Å². The summed E-state index contributed by atoms with van der Waals surface area (Å²) in [6, 6.07) is 7.89. The Kier molecular flexibility index (Phi) is 3.94. The molecule has 0 unspecified atom stereocenters. The summed E-state index contributed by atoms with van der Waals surface area (Å²) in [6.07, 6.45) is 1.14. The van der Waals surface area contributed by atoms with Gasteiger partial charge in [0.2, 0.25) is 5.78 Å². The average Bonchev–Trinajstić information content (AvgIpc) is 2.66. The zero-order chi connectivity index (χ0) is 14.2. The van der Waals surface area contributed by atoms with Gasteiger partial charge in [0.1, 0.15) is 0 Å². The molecule has 0 atom stereocenters. The molecular formula is C13H11BrO3S2. The molecule has 3 nitrogen and oxygen atoms in total. The second-order valence-corrected chi connectivity index (χ2v) is 8.29. The van der Waals surface area contributed by atoms with Crippen LogP contribution in [0.3, 0.4) is 0 Å². The molecule has 100 valence electrons. The summed E-state index contributed by atoms with van der Waals surface area (Å²) in [5.41, 5.74) is 0.481. The van der Waals surface area contributed by atoms with Crippen molar-refractivity contribution in [2.24, 2.45) is 0 Å². The Morgan fingerprint density at radius 3 is 2.21 bits per heavy atom. The van der Waals surface area contributed by atoms with Gasteiger partial charge >= 0.3 is 0 Å². The third-order valence-corrected chi connectivity index (χ3v) is 5.63. The van der Waals surface area contributed by atoms with Crippen molar-refractivity contribution in [3.8, 4) is 0 Å². The molecular weight excluding hydrogens is 348 g/mol. The third kappa shape index (κ3) is 3.13. The minimum Gasteiger partial charge on any atom is -0.288 e. The zero-order valence-corrected chi connectivity index (χ0v) is 13.5. The number of sulfone groups is 1. The molecule has 2 rings (SSSR count). The Balaban J connectivity index is 2.38. The maximum absolute atomic E-state index is 12.3. The van der Waals surface area contributed by atoms with E-state index in [9.17, 15) is 13.2 Å². The fraction of sp³-hybridized carbons (Fsp3) is 0.154. The summed E-state index contributed by atoms with van der Waals surface area (Å²) in [4.78, 5) is 14.2. The van der Waals surface area contributed by atoms with E-state index in [-0.39, 0.29) is 10.7 Å². The van der Waals surface area contributed by atoms with Crippen molar-refractivity contribution in [2.75, 3.05) is 6.26 Å². The standard InChI is InChI=1S/C13H11BrO3S2/c1-8-7-11(14)13(18-8)12(15)9-3-5-10(6-4-9)19(2,16)17/h3-7H,1-2H3. The first kappa shape index (κ1) is 14.4. The van der Waals surface area contributed by atoms with Crippen LogP contribution >= 0.6 is 27.3 Å². The zero-order valence-electron chi connectivity index (χ0n) is 10.3. The van der Waals surface area contributed by atoms with E-state index in [0.29, 0.717) is 10.4 Å². The van der Waals surface area contributed by atoms with E-state index in [1.807, 2.05) is 13.0 Å². The first-order valence-corrected chi connectivity index (χ1v) is 8.90. The monoisotopic (exact) mass is 358 g/mol. The lowest BCUT2D eigenvalue weighted by Crippen LogP contribution is -2.01. The molecule has 0 radical (unpaired) electrons. The number of benzene rings is 1. The van der Waals surface area contributed by atoms with Gasteiger partial charge in [-0.15, -0.1) is 11.3 Å². The number of hydrogen-bond acceptors (Lipinski definition) is 4.